The van der Waals surface area contributed by atoms with Crippen LogP contribution in [0.1, 0.15) is 35.7 Å². The number of hydrogen-bond acceptors (Lipinski definition) is 5. The number of halogens is 2. The molecule has 0 saturated heterocycles. The first-order valence-electron chi connectivity index (χ1n) is 10.0. The maximum absolute atomic E-state index is 11.3. The summed E-state index contributed by atoms with van der Waals surface area (Å²) in [6, 6.07) is 12.1. The van der Waals surface area contributed by atoms with Gasteiger partial charge in [-0.25, -0.2) is 14.8 Å². The van der Waals surface area contributed by atoms with Gasteiger partial charge < -0.3 is 14.4 Å². The summed E-state index contributed by atoms with van der Waals surface area (Å²) in [5, 5.41) is 10.2. The molecule has 1 N–H and O–H groups in total. The Labute approximate surface area is 193 Å². The number of hydrogen-bond donors (Lipinski definition) is 1. The van der Waals surface area contributed by atoms with Gasteiger partial charge in [-0.05, 0) is 55.7 Å². The lowest BCUT2D eigenvalue weighted by atomic mass is 10.1. The van der Waals surface area contributed by atoms with Crippen LogP contribution in [0.2, 0.25) is 10.0 Å². The van der Waals surface area contributed by atoms with Gasteiger partial charge in [-0.1, -0.05) is 35.3 Å². The zero-order valence-corrected chi connectivity index (χ0v) is 18.6. The monoisotopic (exact) mass is 468 g/mol. The lowest BCUT2D eigenvalue weighted by molar-refractivity contribution is 0.0697. The molecule has 4 aromatic rings. The summed E-state index contributed by atoms with van der Waals surface area (Å²) in [6.45, 7) is 2.46. The molecule has 162 valence electrons. The summed E-state index contributed by atoms with van der Waals surface area (Å²) in [7, 11) is 0. The maximum Gasteiger partial charge on any atom is 0.335 e. The number of fused-ring (bicyclic) bond motifs is 1. The largest absolute Gasteiger partial charge is 0.478 e. The Hall–Kier alpha value is -3.16. The number of aromatic carboxylic acids is 1. The van der Waals surface area contributed by atoms with Crippen LogP contribution in [0.3, 0.4) is 0 Å². The number of rotatable bonds is 6. The second-order valence-electron chi connectivity index (χ2n) is 8.05. The Morgan fingerprint density at radius 2 is 2.00 bits per heavy atom. The molecule has 0 bridgehead atoms. The molecule has 9 heteroatoms. The zero-order chi connectivity index (χ0) is 22.5. The van der Waals surface area contributed by atoms with Gasteiger partial charge in [0.25, 0.3) is 0 Å². The van der Waals surface area contributed by atoms with Crippen molar-refractivity contribution < 1.29 is 14.6 Å². The van der Waals surface area contributed by atoms with Gasteiger partial charge >= 0.3 is 5.97 Å². The average molecular weight is 469 g/mol. The van der Waals surface area contributed by atoms with Crippen LogP contribution in [0.15, 0.2) is 48.8 Å². The van der Waals surface area contributed by atoms with Gasteiger partial charge in [-0.3, -0.25) is 0 Å². The quantitative estimate of drug-likeness (QED) is 0.402. The Bertz CT molecular complexity index is 1360. The molecule has 2 heterocycles. The molecule has 1 fully saturated rings. The second-order valence-corrected chi connectivity index (χ2v) is 8.90. The van der Waals surface area contributed by atoms with E-state index in [2.05, 4.69) is 9.97 Å². The van der Waals surface area contributed by atoms with Crippen molar-refractivity contribution in [1.29, 1.82) is 0 Å². The van der Waals surface area contributed by atoms with E-state index in [1.807, 2.05) is 35.8 Å². The van der Waals surface area contributed by atoms with E-state index >= 15 is 0 Å². The van der Waals surface area contributed by atoms with Crippen molar-refractivity contribution in [3.05, 3.63) is 70.0 Å². The Morgan fingerprint density at radius 1 is 1.19 bits per heavy atom. The summed E-state index contributed by atoms with van der Waals surface area (Å²) in [4.78, 5) is 24.9. The van der Waals surface area contributed by atoms with Crippen LogP contribution in [0.5, 0.6) is 5.88 Å². The first-order valence-corrected chi connectivity index (χ1v) is 10.8. The van der Waals surface area contributed by atoms with Crippen molar-refractivity contribution >= 4 is 40.3 Å². The molecule has 0 amide bonds. The Kier molecular flexibility index (Phi) is 5.03. The summed E-state index contributed by atoms with van der Waals surface area (Å²) in [5.74, 6) is -0.0994. The van der Waals surface area contributed by atoms with E-state index in [9.17, 15) is 9.90 Å². The predicted molar refractivity (Wildman–Crippen MR) is 122 cm³/mol. The molecule has 0 radical (unpaired) electrons. The van der Waals surface area contributed by atoms with E-state index in [4.69, 9.17) is 32.9 Å². The minimum absolute atomic E-state index is 0.0988. The first-order chi connectivity index (χ1) is 15.3. The lowest BCUT2D eigenvalue weighted by Gasteiger charge is -2.12. The number of benzene rings is 2. The van der Waals surface area contributed by atoms with Crippen molar-refractivity contribution in [3.8, 4) is 17.3 Å². The molecule has 1 aliphatic carbocycles. The van der Waals surface area contributed by atoms with Crippen molar-refractivity contribution in [2.24, 2.45) is 0 Å². The van der Waals surface area contributed by atoms with E-state index in [1.54, 1.807) is 6.07 Å². The molecule has 5 rings (SSSR count). The molecule has 32 heavy (non-hydrogen) atoms. The number of carbonyl (C=O) groups is 1. The molecule has 2 aromatic heterocycles. The number of nitrogens with zero attached hydrogens (tertiary/aromatic N) is 4. The van der Waals surface area contributed by atoms with Crippen LogP contribution >= 0.6 is 23.2 Å². The first kappa shape index (κ1) is 20.7. The fourth-order valence-corrected chi connectivity index (χ4v) is 3.98. The molecule has 7 nitrogen and oxygen atoms in total. The van der Waals surface area contributed by atoms with Gasteiger partial charge in [-0.15, -0.1) is 0 Å². The highest BCUT2D eigenvalue weighted by atomic mass is 35.5. The third-order valence-electron chi connectivity index (χ3n) is 5.48. The van der Waals surface area contributed by atoms with E-state index in [0.717, 1.165) is 18.4 Å². The molecule has 1 aliphatic rings. The fourth-order valence-electron chi connectivity index (χ4n) is 3.50. The van der Waals surface area contributed by atoms with E-state index in [0.29, 0.717) is 40.0 Å². The SMILES string of the molecule is CC1(Oc2ncnc3c2nc(-c2ccc(C(=O)O)cc2Cl)n3Cc2cccc(Cl)c2)CC1. The molecule has 0 atom stereocenters. The van der Waals surface area contributed by atoms with Crippen LogP contribution < -0.4 is 4.74 Å². The van der Waals surface area contributed by atoms with Crippen LogP contribution in [0, 0.1) is 0 Å². The third-order valence-corrected chi connectivity index (χ3v) is 6.03. The van der Waals surface area contributed by atoms with Crippen molar-refractivity contribution in [3.63, 3.8) is 0 Å². The fraction of sp³-hybridized carbons (Fsp3) is 0.217. The highest BCUT2D eigenvalue weighted by molar-refractivity contribution is 6.33. The summed E-state index contributed by atoms with van der Waals surface area (Å²) in [5.41, 5.74) is 2.51. The third kappa shape index (κ3) is 3.89. The second kappa shape index (κ2) is 7.76. The van der Waals surface area contributed by atoms with Gasteiger partial charge in [-0.2, -0.15) is 4.98 Å². The van der Waals surface area contributed by atoms with Gasteiger partial charge in [0, 0.05) is 10.6 Å². The summed E-state index contributed by atoms with van der Waals surface area (Å²) < 4.78 is 8.03. The minimum Gasteiger partial charge on any atom is -0.478 e. The molecule has 2 aromatic carbocycles. The zero-order valence-electron chi connectivity index (χ0n) is 17.0. The highest BCUT2D eigenvalue weighted by Gasteiger charge is 2.41. The normalized spacial score (nSPS) is 14.5. The maximum atomic E-state index is 11.3. The van der Waals surface area contributed by atoms with Crippen LogP contribution in [-0.2, 0) is 6.54 Å². The van der Waals surface area contributed by atoms with Crippen molar-refractivity contribution in [2.45, 2.75) is 31.9 Å². The van der Waals surface area contributed by atoms with Crippen LogP contribution in [0.4, 0.5) is 0 Å². The van der Waals surface area contributed by atoms with Gasteiger partial charge in [0.05, 0.1) is 17.1 Å². The standard InChI is InChI=1S/C23H18Cl2N4O3/c1-23(7-8-23)32-21-18-20(26-12-27-21)29(11-13-3-2-4-15(24)9-13)19(28-18)16-6-5-14(22(30)31)10-17(16)25/h2-6,9-10,12H,7-8,11H2,1H3,(H,30,31). The van der Waals surface area contributed by atoms with Crippen LogP contribution in [-0.4, -0.2) is 36.2 Å². The van der Waals surface area contributed by atoms with Crippen molar-refractivity contribution in [2.75, 3.05) is 0 Å². The van der Waals surface area contributed by atoms with E-state index in [-0.39, 0.29) is 16.2 Å². The number of ether oxygens (including phenoxy) is 1. The smallest absolute Gasteiger partial charge is 0.335 e. The molecule has 1 saturated carbocycles. The Morgan fingerprint density at radius 3 is 2.69 bits per heavy atom. The Balaban J connectivity index is 1.69. The molecule has 0 aliphatic heterocycles. The molecule has 0 unspecified atom stereocenters. The van der Waals surface area contributed by atoms with Gasteiger partial charge in [0.1, 0.15) is 17.8 Å². The predicted octanol–water partition coefficient (Wildman–Crippen LogP) is 5.48. The lowest BCUT2D eigenvalue weighted by Crippen LogP contribution is -2.13. The topological polar surface area (TPSA) is 90.1 Å². The molecular weight excluding hydrogens is 451 g/mol. The van der Waals surface area contributed by atoms with E-state index in [1.165, 1.54) is 18.5 Å². The average Bonchev–Trinajstić information content (AvgIpc) is 3.37. The summed E-state index contributed by atoms with van der Waals surface area (Å²) in [6.07, 6.45) is 3.37. The number of carboxylic acids is 1. The van der Waals surface area contributed by atoms with Crippen molar-refractivity contribution in [1.82, 2.24) is 19.5 Å². The van der Waals surface area contributed by atoms with Crippen LogP contribution in [0.25, 0.3) is 22.6 Å². The minimum atomic E-state index is -1.05. The van der Waals surface area contributed by atoms with E-state index < -0.39 is 5.97 Å². The van der Waals surface area contributed by atoms with Gasteiger partial charge in [0.15, 0.2) is 11.2 Å². The number of imidazole rings is 1. The highest BCUT2D eigenvalue weighted by Crippen LogP contribution is 2.41. The molecular formula is C23H18Cl2N4O3. The molecule has 0 spiro atoms. The van der Waals surface area contributed by atoms with Gasteiger partial charge in [0.2, 0.25) is 5.88 Å². The summed E-state index contributed by atoms with van der Waals surface area (Å²) >= 11 is 12.7. The number of carboxylic acid groups (broad SMARTS) is 1. The number of aromatic nitrogens is 4.